The van der Waals surface area contributed by atoms with Gasteiger partial charge in [0, 0.05) is 12.6 Å². The zero-order valence-corrected chi connectivity index (χ0v) is 16.3. The Labute approximate surface area is 168 Å². The van der Waals surface area contributed by atoms with E-state index in [4.69, 9.17) is 0 Å². The molecule has 28 heavy (non-hydrogen) atoms. The molecule has 2 rings (SSSR count). The molecule has 2 aromatic carbocycles. The highest BCUT2D eigenvalue weighted by atomic mass is 35.5. The Kier molecular flexibility index (Phi) is 8.94. The standard InChI is InChI=1S/C20H22F3NO3.ClH/c1-13(10-14-6-8-15(9-7-14)19(26)27-2)24-12-18(25)16-4-3-5-17(11-16)20(21,22)23;/h3-9,11,13,18,24-25H,10,12H2,1-2H3;1H/t13?,18-;/m1./s1. The summed E-state index contributed by atoms with van der Waals surface area (Å²) in [4.78, 5) is 11.4. The van der Waals surface area contributed by atoms with Crippen LogP contribution in [-0.4, -0.2) is 30.8 Å². The van der Waals surface area contributed by atoms with Crippen molar-refractivity contribution < 1.29 is 27.8 Å². The van der Waals surface area contributed by atoms with Gasteiger partial charge >= 0.3 is 12.1 Å². The van der Waals surface area contributed by atoms with Gasteiger partial charge in [0.05, 0.1) is 24.3 Å². The van der Waals surface area contributed by atoms with Crippen LogP contribution in [0.3, 0.4) is 0 Å². The summed E-state index contributed by atoms with van der Waals surface area (Å²) in [5.74, 6) is -0.406. The van der Waals surface area contributed by atoms with Gasteiger partial charge in [-0.1, -0.05) is 24.3 Å². The van der Waals surface area contributed by atoms with E-state index < -0.39 is 23.8 Å². The highest BCUT2D eigenvalue weighted by molar-refractivity contribution is 5.89. The fourth-order valence-electron chi connectivity index (χ4n) is 2.67. The van der Waals surface area contributed by atoms with Crippen molar-refractivity contribution in [3.05, 3.63) is 70.8 Å². The predicted molar refractivity (Wildman–Crippen MR) is 103 cm³/mol. The average molecular weight is 418 g/mol. The number of halogens is 4. The number of benzene rings is 2. The van der Waals surface area contributed by atoms with Crippen LogP contribution in [0.25, 0.3) is 0 Å². The van der Waals surface area contributed by atoms with Crippen LogP contribution in [0.4, 0.5) is 13.2 Å². The van der Waals surface area contributed by atoms with Gasteiger partial charge in [-0.2, -0.15) is 13.2 Å². The van der Waals surface area contributed by atoms with Gasteiger partial charge < -0.3 is 15.2 Å². The lowest BCUT2D eigenvalue weighted by Crippen LogP contribution is -2.32. The van der Waals surface area contributed by atoms with E-state index in [-0.39, 0.29) is 30.6 Å². The maximum absolute atomic E-state index is 12.8. The summed E-state index contributed by atoms with van der Waals surface area (Å²) >= 11 is 0. The molecule has 154 valence electrons. The van der Waals surface area contributed by atoms with Crippen molar-refractivity contribution in [3.8, 4) is 0 Å². The predicted octanol–water partition coefficient (Wildman–Crippen LogP) is 4.17. The van der Waals surface area contributed by atoms with Crippen LogP contribution in [0.2, 0.25) is 0 Å². The third-order valence-electron chi connectivity index (χ3n) is 4.18. The molecule has 2 aromatic rings. The molecule has 8 heteroatoms. The second-order valence-corrected chi connectivity index (χ2v) is 6.34. The smallest absolute Gasteiger partial charge is 0.416 e. The number of carbonyl (C=O) groups excluding carboxylic acids is 1. The molecule has 4 nitrogen and oxygen atoms in total. The lowest BCUT2D eigenvalue weighted by molar-refractivity contribution is -0.137. The molecule has 0 bridgehead atoms. The van der Waals surface area contributed by atoms with Gasteiger partial charge in [-0.05, 0) is 48.7 Å². The first-order valence-corrected chi connectivity index (χ1v) is 8.46. The van der Waals surface area contributed by atoms with Gasteiger partial charge in [-0.25, -0.2) is 4.79 Å². The summed E-state index contributed by atoms with van der Waals surface area (Å²) < 4.78 is 42.9. The summed E-state index contributed by atoms with van der Waals surface area (Å²) in [7, 11) is 1.32. The molecule has 0 amide bonds. The number of aliphatic hydroxyl groups excluding tert-OH is 1. The SMILES string of the molecule is COC(=O)c1ccc(CC(C)NC[C@@H](O)c2cccc(C(F)(F)F)c2)cc1.Cl. The zero-order valence-electron chi connectivity index (χ0n) is 15.5. The van der Waals surface area contributed by atoms with Gasteiger partial charge in [-0.15, -0.1) is 12.4 Å². The van der Waals surface area contributed by atoms with Crippen LogP contribution in [0.1, 0.15) is 40.1 Å². The first kappa shape index (κ1) is 23.9. The van der Waals surface area contributed by atoms with Crippen molar-refractivity contribution in [1.82, 2.24) is 5.32 Å². The largest absolute Gasteiger partial charge is 0.465 e. The second-order valence-electron chi connectivity index (χ2n) is 6.34. The van der Waals surface area contributed by atoms with E-state index in [9.17, 15) is 23.1 Å². The average Bonchev–Trinajstić information content (AvgIpc) is 2.65. The summed E-state index contributed by atoms with van der Waals surface area (Å²) in [6.07, 6.45) is -4.85. The fraction of sp³-hybridized carbons (Fsp3) is 0.350. The fourth-order valence-corrected chi connectivity index (χ4v) is 2.67. The van der Waals surface area contributed by atoms with Crippen molar-refractivity contribution in [2.24, 2.45) is 0 Å². The number of nitrogens with one attached hydrogen (secondary N) is 1. The minimum Gasteiger partial charge on any atom is -0.465 e. The molecule has 0 spiro atoms. The van der Waals surface area contributed by atoms with E-state index in [0.29, 0.717) is 12.0 Å². The van der Waals surface area contributed by atoms with Crippen LogP contribution in [0.5, 0.6) is 0 Å². The highest BCUT2D eigenvalue weighted by Crippen LogP contribution is 2.30. The molecular weight excluding hydrogens is 395 g/mol. The Morgan fingerprint density at radius 2 is 1.82 bits per heavy atom. The number of hydrogen-bond acceptors (Lipinski definition) is 4. The van der Waals surface area contributed by atoms with E-state index in [0.717, 1.165) is 17.7 Å². The Morgan fingerprint density at radius 3 is 2.39 bits per heavy atom. The number of alkyl halides is 3. The Bertz CT molecular complexity index is 766. The third kappa shape index (κ3) is 6.82. The van der Waals surface area contributed by atoms with Crippen molar-refractivity contribution in [2.45, 2.75) is 31.7 Å². The molecule has 2 N–H and O–H groups in total. The first-order valence-electron chi connectivity index (χ1n) is 8.46. The minimum atomic E-state index is -4.44. The van der Waals surface area contributed by atoms with Crippen LogP contribution in [0, 0.1) is 0 Å². The quantitative estimate of drug-likeness (QED) is 0.664. The maximum Gasteiger partial charge on any atom is 0.416 e. The van der Waals surface area contributed by atoms with Gasteiger partial charge in [0.15, 0.2) is 0 Å². The van der Waals surface area contributed by atoms with E-state index in [1.165, 1.54) is 19.2 Å². The monoisotopic (exact) mass is 417 g/mol. The van der Waals surface area contributed by atoms with Crippen molar-refractivity contribution in [2.75, 3.05) is 13.7 Å². The number of ether oxygens (including phenoxy) is 1. The maximum atomic E-state index is 12.8. The molecule has 2 atom stereocenters. The molecule has 0 fully saturated rings. The first-order chi connectivity index (χ1) is 12.7. The summed E-state index contributed by atoms with van der Waals surface area (Å²) in [5.41, 5.74) is 0.878. The van der Waals surface area contributed by atoms with Crippen LogP contribution in [-0.2, 0) is 17.3 Å². The zero-order chi connectivity index (χ0) is 20.0. The van der Waals surface area contributed by atoms with E-state index in [1.807, 2.05) is 19.1 Å². The van der Waals surface area contributed by atoms with Crippen molar-refractivity contribution in [3.63, 3.8) is 0 Å². The van der Waals surface area contributed by atoms with E-state index in [1.54, 1.807) is 12.1 Å². The topological polar surface area (TPSA) is 58.6 Å². The van der Waals surface area contributed by atoms with Crippen molar-refractivity contribution in [1.29, 1.82) is 0 Å². The molecule has 0 aliphatic heterocycles. The summed E-state index contributed by atoms with van der Waals surface area (Å²) in [5, 5.41) is 13.3. The van der Waals surface area contributed by atoms with Gasteiger partial charge in [0.25, 0.3) is 0 Å². The Balaban J connectivity index is 0.00000392. The lowest BCUT2D eigenvalue weighted by Gasteiger charge is -2.18. The van der Waals surface area contributed by atoms with E-state index in [2.05, 4.69) is 10.1 Å². The Morgan fingerprint density at radius 1 is 1.18 bits per heavy atom. The number of methoxy groups -OCH3 is 1. The lowest BCUT2D eigenvalue weighted by atomic mass is 10.0. The molecule has 0 aliphatic carbocycles. The molecular formula is C20H23ClF3NO3. The van der Waals surface area contributed by atoms with Crippen LogP contribution in [0.15, 0.2) is 48.5 Å². The molecule has 0 saturated heterocycles. The molecule has 0 aromatic heterocycles. The normalized spacial score (nSPS) is 13.4. The van der Waals surface area contributed by atoms with Gasteiger partial charge in [-0.3, -0.25) is 0 Å². The third-order valence-corrected chi connectivity index (χ3v) is 4.18. The van der Waals surface area contributed by atoms with Crippen LogP contribution >= 0.6 is 12.4 Å². The highest BCUT2D eigenvalue weighted by Gasteiger charge is 2.30. The number of aliphatic hydroxyl groups is 1. The molecule has 0 radical (unpaired) electrons. The van der Waals surface area contributed by atoms with Crippen molar-refractivity contribution >= 4 is 18.4 Å². The molecule has 0 saturated carbocycles. The molecule has 1 unspecified atom stereocenters. The minimum absolute atomic E-state index is 0. The number of rotatable bonds is 7. The van der Waals surface area contributed by atoms with E-state index >= 15 is 0 Å². The summed E-state index contributed by atoms with van der Waals surface area (Å²) in [6.45, 7) is 2.04. The number of esters is 1. The molecule has 0 aliphatic rings. The van der Waals surface area contributed by atoms with Crippen LogP contribution < -0.4 is 5.32 Å². The van der Waals surface area contributed by atoms with Gasteiger partial charge in [0.2, 0.25) is 0 Å². The Hall–Kier alpha value is -2.09. The number of carbonyl (C=O) groups is 1. The van der Waals surface area contributed by atoms with Gasteiger partial charge in [0.1, 0.15) is 0 Å². The number of hydrogen-bond donors (Lipinski definition) is 2. The second kappa shape index (κ2) is 10.5. The molecule has 0 heterocycles. The summed E-state index contributed by atoms with van der Waals surface area (Å²) in [6, 6.07) is 11.6.